The molecule has 3 heteroatoms. The molecule has 2 atom stereocenters. The van der Waals surface area contributed by atoms with Crippen molar-refractivity contribution in [2.75, 3.05) is 0 Å². The molecule has 4 aliphatic rings. The molecule has 46 heavy (non-hydrogen) atoms. The number of hydrogen-bond donors (Lipinski definition) is 0. The second-order valence-corrected chi connectivity index (χ2v) is 17.4. The lowest BCUT2D eigenvalue weighted by Gasteiger charge is -2.34. The molecule has 0 aromatic carbocycles. The summed E-state index contributed by atoms with van der Waals surface area (Å²) in [5, 5.41) is 0. The molecule has 2 unspecified atom stereocenters. The average molecular weight is 647 g/mol. The van der Waals surface area contributed by atoms with Crippen molar-refractivity contribution >= 4 is 5.78 Å². The normalized spacial score (nSPS) is 33.8. The zero-order chi connectivity index (χ0) is 32.6. The number of ketones is 1. The van der Waals surface area contributed by atoms with Crippen LogP contribution in [0.1, 0.15) is 206 Å². The Morgan fingerprint density at radius 3 is 1.11 bits per heavy atom. The van der Waals surface area contributed by atoms with Crippen LogP contribution in [0.5, 0.6) is 0 Å². The summed E-state index contributed by atoms with van der Waals surface area (Å²) in [6.07, 6.45) is 33.8. The fourth-order valence-electron chi connectivity index (χ4n) is 10.7. The quantitative estimate of drug-likeness (QED) is 0.120. The highest BCUT2D eigenvalue weighted by Gasteiger charge is 2.32. The summed E-state index contributed by atoms with van der Waals surface area (Å²) < 4.78 is 30.3. The Balaban J connectivity index is 0.946. The fourth-order valence-corrected chi connectivity index (χ4v) is 10.7. The lowest BCUT2D eigenvalue weighted by molar-refractivity contribution is -0.119. The van der Waals surface area contributed by atoms with Gasteiger partial charge in [-0.25, -0.2) is 8.78 Å². The lowest BCUT2D eigenvalue weighted by Crippen LogP contribution is -2.26. The van der Waals surface area contributed by atoms with Crippen molar-refractivity contribution in [2.45, 2.75) is 219 Å². The lowest BCUT2D eigenvalue weighted by atomic mass is 9.73. The molecule has 0 bridgehead atoms. The first-order chi connectivity index (χ1) is 22.4. The molecule has 0 N–H and O–H groups in total. The van der Waals surface area contributed by atoms with Crippen molar-refractivity contribution in [1.82, 2.24) is 0 Å². The molecule has 0 heterocycles. The summed E-state index contributed by atoms with van der Waals surface area (Å²) in [6, 6.07) is 0. The van der Waals surface area contributed by atoms with E-state index in [9.17, 15) is 4.79 Å². The van der Waals surface area contributed by atoms with Gasteiger partial charge in [0.05, 0.1) is 0 Å². The standard InChI is InChI=1S/C43H76F2O/c1-3-9-33-15-19-37(20-16-33)31-42(44)39-27-23-35(24-28-39)11-5-7-13-41(46)14-8-6-12-36-25-29-40(30-26-36)43(45)32-38-21-17-34(10-4-2)18-22-38/h33-40,42-43H,3-32H2,1-2H3/t33-,34-,35-,36?,37-,38-,39-,40?,42?,43?. The predicted octanol–water partition coefficient (Wildman–Crippen LogP) is 14.0. The highest BCUT2D eigenvalue weighted by Crippen LogP contribution is 2.41. The van der Waals surface area contributed by atoms with Gasteiger partial charge >= 0.3 is 0 Å². The van der Waals surface area contributed by atoms with E-state index >= 15 is 8.78 Å². The molecule has 268 valence electrons. The van der Waals surface area contributed by atoms with Gasteiger partial charge in [0.25, 0.3) is 0 Å². The van der Waals surface area contributed by atoms with Crippen LogP contribution in [0, 0.1) is 47.3 Å². The van der Waals surface area contributed by atoms with Gasteiger partial charge in [0, 0.05) is 12.8 Å². The highest BCUT2D eigenvalue weighted by atomic mass is 19.1. The summed E-state index contributed by atoms with van der Waals surface area (Å²) in [5.41, 5.74) is 0. The molecule has 0 aromatic heterocycles. The number of rotatable bonds is 20. The van der Waals surface area contributed by atoms with E-state index in [1.165, 1.54) is 128 Å². The molecule has 4 aliphatic carbocycles. The number of alkyl halides is 2. The van der Waals surface area contributed by atoms with Gasteiger partial charge < -0.3 is 0 Å². The molecule has 1 nitrogen and oxygen atoms in total. The number of hydrogen-bond acceptors (Lipinski definition) is 1. The minimum Gasteiger partial charge on any atom is -0.300 e. The number of Topliss-reactive ketones (excluding diaryl/α,β-unsaturated/α-hetero) is 1. The third-order valence-electron chi connectivity index (χ3n) is 13.9. The fraction of sp³-hybridized carbons (Fsp3) is 0.977. The molecule has 0 saturated heterocycles. The highest BCUT2D eigenvalue weighted by molar-refractivity contribution is 5.78. The SMILES string of the molecule is CCC[C@H]1CC[C@H](CC(F)C2CCC(CCCCC(=O)CCCC[C@H]3CC[C@H](C(F)C[C@H]4CC[C@H](CCC)CC4)CC3)CC2)CC1. The third kappa shape index (κ3) is 13.8. The van der Waals surface area contributed by atoms with E-state index in [1.807, 2.05) is 0 Å². The molecule has 0 spiro atoms. The van der Waals surface area contributed by atoms with Crippen molar-refractivity contribution in [3.8, 4) is 0 Å². The molecule has 4 fully saturated rings. The summed E-state index contributed by atoms with van der Waals surface area (Å²) >= 11 is 0. The van der Waals surface area contributed by atoms with Crippen LogP contribution in [-0.2, 0) is 4.79 Å². The monoisotopic (exact) mass is 647 g/mol. The van der Waals surface area contributed by atoms with Crippen molar-refractivity contribution in [1.29, 1.82) is 0 Å². The summed E-state index contributed by atoms with van der Waals surface area (Å²) in [5.74, 6) is 5.72. The molecule has 0 aliphatic heterocycles. The minimum atomic E-state index is -0.571. The number of carbonyl (C=O) groups excluding carboxylic acids is 1. The van der Waals surface area contributed by atoms with Gasteiger partial charge in [0.15, 0.2) is 0 Å². The first-order valence-electron chi connectivity index (χ1n) is 21.2. The van der Waals surface area contributed by atoms with Gasteiger partial charge in [-0.2, -0.15) is 0 Å². The first-order valence-corrected chi connectivity index (χ1v) is 21.2. The van der Waals surface area contributed by atoms with Crippen LogP contribution in [0.2, 0.25) is 0 Å². The Kier molecular flexibility index (Phi) is 18.0. The van der Waals surface area contributed by atoms with E-state index < -0.39 is 12.3 Å². The van der Waals surface area contributed by atoms with Gasteiger partial charge in [-0.15, -0.1) is 0 Å². The van der Waals surface area contributed by atoms with Crippen molar-refractivity contribution in [3.63, 3.8) is 0 Å². The Bertz CT molecular complexity index is 717. The van der Waals surface area contributed by atoms with E-state index in [0.29, 0.717) is 29.5 Å². The van der Waals surface area contributed by atoms with E-state index in [1.54, 1.807) is 0 Å². The number of halogens is 2. The van der Waals surface area contributed by atoms with Crippen LogP contribution >= 0.6 is 0 Å². The maximum atomic E-state index is 15.2. The zero-order valence-corrected chi connectivity index (χ0v) is 30.7. The van der Waals surface area contributed by atoms with Gasteiger partial charge in [0.1, 0.15) is 18.1 Å². The minimum absolute atomic E-state index is 0.312. The van der Waals surface area contributed by atoms with E-state index in [0.717, 1.165) is 87.9 Å². The Morgan fingerprint density at radius 2 is 0.761 bits per heavy atom. The van der Waals surface area contributed by atoms with Gasteiger partial charge in [0.2, 0.25) is 0 Å². The molecular formula is C43H76F2O. The van der Waals surface area contributed by atoms with Crippen LogP contribution in [0.25, 0.3) is 0 Å². The second kappa shape index (κ2) is 21.6. The van der Waals surface area contributed by atoms with E-state index in [2.05, 4.69) is 13.8 Å². The molecule has 4 rings (SSSR count). The maximum Gasteiger partial charge on any atom is 0.132 e. The van der Waals surface area contributed by atoms with Crippen LogP contribution in [-0.4, -0.2) is 18.1 Å². The number of unbranched alkanes of at least 4 members (excludes halogenated alkanes) is 2. The van der Waals surface area contributed by atoms with E-state index in [-0.39, 0.29) is 0 Å². The predicted molar refractivity (Wildman–Crippen MR) is 193 cm³/mol. The first kappa shape index (κ1) is 38.3. The average Bonchev–Trinajstić information content (AvgIpc) is 3.07. The summed E-state index contributed by atoms with van der Waals surface area (Å²) in [4.78, 5) is 12.5. The summed E-state index contributed by atoms with van der Waals surface area (Å²) in [6.45, 7) is 4.58. The van der Waals surface area contributed by atoms with Crippen LogP contribution in [0.3, 0.4) is 0 Å². The largest absolute Gasteiger partial charge is 0.300 e. The van der Waals surface area contributed by atoms with Crippen LogP contribution in [0.4, 0.5) is 8.78 Å². The smallest absolute Gasteiger partial charge is 0.132 e. The second-order valence-electron chi connectivity index (χ2n) is 17.4. The summed E-state index contributed by atoms with van der Waals surface area (Å²) in [7, 11) is 0. The third-order valence-corrected chi connectivity index (χ3v) is 13.9. The van der Waals surface area contributed by atoms with Crippen LogP contribution < -0.4 is 0 Å². The Hall–Kier alpha value is -0.470. The van der Waals surface area contributed by atoms with Crippen molar-refractivity contribution < 1.29 is 13.6 Å². The molecule has 4 saturated carbocycles. The topological polar surface area (TPSA) is 17.1 Å². The maximum absolute atomic E-state index is 15.2. The molecule has 0 amide bonds. The van der Waals surface area contributed by atoms with Gasteiger partial charge in [-0.3, -0.25) is 4.79 Å². The Labute approximate surface area is 285 Å². The number of carbonyl (C=O) groups is 1. The van der Waals surface area contributed by atoms with Gasteiger partial charge in [-0.05, 0) is 98.7 Å². The van der Waals surface area contributed by atoms with Crippen molar-refractivity contribution in [2.24, 2.45) is 47.3 Å². The van der Waals surface area contributed by atoms with E-state index in [4.69, 9.17) is 0 Å². The molecule has 0 radical (unpaired) electrons. The molecule has 0 aromatic rings. The molecular weight excluding hydrogens is 570 g/mol. The Morgan fingerprint density at radius 1 is 0.457 bits per heavy atom. The zero-order valence-electron chi connectivity index (χ0n) is 30.7. The van der Waals surface area contributed by atoms with Crippen LogP contribution in [0.15, 0.2) is 0 Å². The van der Waals surface area contributed by atoms with Gasteiger partial charge in [-0.1, -0.05) is 142 Å². The van der Waals surface area contributed by atoms with Crippen molar-refractivity contribution in [3.05, 3.63) is 0 Å².